The van der Waals surface area contributed by atoms with Gasteiger partial charge in [-0.25, -0.2) is 28.7 Å². The first kappa shape index (κ1) is 23.8. The van der Waals surface area contributed by atoms with Crippen LogP contribution < -0.4 is 15.4 Å². The Labute approximate surface area is 202 Å². The number of hydrogen-bond donors (Lipinski definition) is 4. The fraction of sp³-hybridized carbons (Fsp3) is 0.227. The number of pyridine rings is 1. The van der Waals surface area contributed by atoms with Crippen LogP contribution in [0.2, 0.25) is 0 Å². The van der Waals surface area contributed by atoms with Gasteiger partial charge >= 0.3 is 6.03 Å². The molecule has 1 unspecified atom stereocenters. The fourth-order valence-electron chi connectivity index (χ4n) is 3.31. The van der Waals surface area contributed by atoms with Crippen molar-refractivity contribution >= 4 is 44.0 Å². The van der Waals surface area contributed by atoms with Gasteiger partial charge < -0.3 is 5.32 Å². The highest BCUT2D eigenvalue weighted by atomic mass is 32.2. The zero-order valence-corrected chi connectivity index (χ0v) is 19.9. The third-order valence-corrected chi connectivity index (χ3v) is 6.30. The van der Waals surface area contributed by atoms with E-state index in [1.54, 1.807) is 18.6 Å². The molecule has 0 fully saturated rings. The highest BCUT2D eigenvalue weighted by molar-refractivity contribution is 7.77. The summed E-state index contributed by atoms with van der Waals surface area (Å²) >= 11 is -0.620. The van der Waals surface area contributed by atoms with Gasteiger partial charge in [0.05, 0.1) is 15.9 Å². The molecule has 12 heteroatoms. The van der Waals surface area contributed by atoms with Crippen LogP contribution in [0, 0.1) is 0 Å². The molecule has 176 valence electrons. The van der Waals surface area contributed by atoms with E-state index in [0.717, 1.165) is 32.6 Å². The lowest BCUT2D eigenvalue weighted by Crippen LogP contribution is -2.28. The molecule has 4 N–H and O–H groups in total. The van der Waals surface area contributed by atoms with Gasteiger partial charge in [0.25, 0.3) is 0 Å². The van der Waals surface area contributed by atoms with Crippen molar-refractivity contribution in [1.82, 2.24) is 30.0 Å². The highest BCUT2D eigenvalue weighted by Crippen LogP contribution is 2.37. The SMILES string of the molecule is CCNC(=O)Nc1nc2cc(-c3cnc(CCCNS(=O)O)nc3)cc(-c3ccccn3)c2s1. The standard InChI is InChI=1S/C22H23N7O3S2/c1-2-23-21(30)29-22-28-18-11-14(10-16(20(18)33-22)17-6-3-4-8-24-17)15-12-25-19(26-13-15)7-5-9-27-34(31)32/h3-4,6,8,10-13,27H,2,5,7,9H2,1H3,(H,31,32)(H2,23,28,29,30). The zero-order chi connectivity index (χ0) is 23.9. The van der Waals surface area contributed by atoms with Crippen LogP contribution >= 0.6 is 11.3 Å². The second-order valence-corrected chi connectivity index (χ2v) is 9.01. The number of urea groups is 1. The average molecular weight is 498 g/mol. The summed E-state index contributed by atoms with van der Waals surface area (Å²) in [5.74, 6) is 0.655. The monoisotopic (exact) mass is 497 g/mol. The van der Waals surface area contributed by atoms with E-state index < -0.39 is 11.3 Å². The van der Waals surface area contributed by atoms with E-state index >= 15 is 0 Å². The first-order chi connectivity index (χ1) is 16.5. The number of rotatable bonds is 9. The molecule has 0 radical (unpaired) electrons. The first-order valence-corrected chi connectivity index (χ1v) is 12.5. The van der Waals surface area contributed by atoms with Crippen LogP contribution in [-0.2, 0) is 17.7 Å². The van der Waals surface area contributed by atoms with E-state index in [1.807, 2.05) is 37.3 Å². The van der Waals surface area contributed by atoms with Crippen molar-refractivity contribution in [2.45, 2.75) is 19.8 Å². The maximum absolute atomic E-state index is 12.0. The third-order valence-electron chi connectivity index (χ3n) is 4.83. The number of carbonyl (C=O) groups is 1. The number of hydrogen-bond acceptors (Lipinski definition) is 7. The summed E-state index contributed by atoms with van der Waals surface area (Å²) in [7, 11) is 0. The lowest BCUT2D eigenvalue weighted by molar-refractivity contribution is 0.252. The fourth-order valence-corrected chi connectivity index (χ4v) is 4.59. The molecule has 10 nitrogen and oxygen atoms in total. The van der Waals surface area contributed by atoms with Gasteiger partial charge in [0.15, 0.2) is 5.13 Å². The van der Waals surface area contributed by atoms with Gasteiger partial charge in [0.2, 0.25) is 11.3 Å². The Bertz CT molecular complexity index is 1300. The molecular weight excluding hydrogens is 474 g/mol. The predicted molar refractivity (Wildman–Crippen MR) is 134 cm³/mol. The normalized spacial score (nSPS) is 11.9. The summed E-state index contributed by atoms with van der Waals surface area (Å²) in [6.07, 6.45) is 6.47. The van der Waals surface area contributed by atoms with Crippen molar-refractivity contribution in [1.29, 1.82) is 0 Å². The minimum absolute atomic E-state index is 0.300. The van der Waals surface area contributed by atoms with Crippen molar-refractivity contribution < 1.29 is 13.6 Å². The smallest absolute Gasteiger partial charge is 0.321 e. The first-order valence-electron chi connectivity index (χ1n) is 10.6. The van der Waals surface area contributed by atoms with Crippen LogP contribution in [0.4, 0.5) is 9.93 Å². The Morgan fingerprint density at radius 1 is 1.15 bits per heavy atom. The van der Waals surface area contributed by atoms with E-state index in [-0.39, 0.29) is 6.03 Å². The number of aromatic nitrogens is 4. The summed E-state index contributed by atoms with van der Waals surface area (Å²) in [6, 6.07) is 9.39. The number of thiazole rings is 1. The molecule has 0 saturated heterocycles. The van der Waals surface area contributed by atoms with Crippen molar-refractivity contribution in [2.75, 3.05) is 18.4 Å². The predicted octanol–water partition coefficient (Wildman–Crippen LogP) is 3.62. The van der Waals surface area contributed by atoms with E-state index in [2.05, 4.69) is 35.3 Å². The largest absolute Gasteiger partial charge is 0.338 e. The van der Waals surface area contributed by atoms with E-state index in [0.29, 0.717) is 36.9 Å². The van der Waals surface area contributed by atoms with Crippen molar-refractivity contribution in [2.24, 2.45) is 0 Å². The molecule has 1 atom stereocenters. The Hall–Kier alpha value is -3.32. The Balaban J connectivity index is 1.65. The molecule has 4 aromatic rings. The van der Waals surface area contributed by atoms with Crippen LogP contribution in [-0.4, -0.2) is 47.8 Å². The molecule has 34 heavy (non-hydrogen) atoms. The number of aryl methyl sites for hydroxylation is 1. The molecule has 0 aliphatic heterocycles. The average Bonchev–Trinajstić information content (AvgIpc) is 3.24. The van der Waals surface area contributed by atoms with Crippen LogP contribution in [0.1, 0.15) is 19.2 Å². The Kier molecular flexibility index (Phi) is 7.85. The highest BCUT2D eigenvalue weighted by Gasteiger charge is 2.15. The molecule has 0 bridgehead atoms. The molecule has 3 heterocycles. The minimum Gasteiger partial charge on any atom is -0.338 e. The summed E-state index contributed by atoms with van der Waals surface area (Å²) in [4.78, 5) is 30.0. The molecule has 3 aromatic heterocycles. The number of fused-ring (bicyclic) bond motifs is 1. The molecule has 0 spiro atoms. The Morgan fingerprint density at radius 2 is 1.97 bits per heavy atom. The number of nitrogens with one attached hydrogen (secondary N) is 3. The molecule has 0 aliphatic carbocycles. The lowest BCUT2D eigenvalue weighted by atomic mass is 10.0. The number of anilines is 1. The second-order valence-electron chi connectivity index (χ2n) is 7.23. The van der Waals surface area contributed by atoms with Gasteiger partial charge in [0, 0.05) is 49.2 Å². The van der Waals surface area contributed by atoms with Crippen molar-refractivity contribution in [3.63, 3.8) is 0 Å². The molecule has 2 amide bonds. The van der Waals surface area contributed by atoms with Crippen LogP contribution in [0.3, 0.4) is 0 Å². The summed E-state index contributed by atoms with van der Waals surface area (Å²) < 4.78 is 22.8. The summed E-state index contributed by atoms with van der Waals surface area (Å²) in [6.45, 7) is 2.77. The van der Waals surface area contributed by atoms with Crippen LogP contribution in [0.25, 0.3) is 32.6 Å². The van der Waals surface area contributed by atoms with Crippen LogP contribution in [0.5, 0.6) is 0 Å². The van der Waals surface area contributed by atoms with Gasteiger partial charge in [-0.1, -0.05) is 17.4 Å². The van der Waals surface area contributed by atoms with Gasteiger partial charge in [-0.3, -0.25) is 14.9 Å². The summed E-state index contributed by atoms with van der Waals surface area (Å²) in [5.41, 5.74) is 4.15. The lowest BCUT2D eigenvalue weighted by Gasteiger charge is -2.07. The number of benzene rings is 1. The topological polar surface area (TPSA) is 142 Å². The molecule has 0 aliphatic rings. The quantitative estimate of drug-likeness (QED) is 0.204. The number of nitrogens with zero attached hydrogens (tertiary/aromatic N) is 4. The Morgan fingerprint density at radius 3 is 2.68 bits per heavy atom. The molecule has 4 rings (SSSR count). The third kappa shape index (κ3) is 5.97. The molecule has 1 aromatic carbocycles. The van der Waals surface area contributed by atoms with Gasteiger partial charge in [-0.05, 0) is 43.2 Å². The number of carbonyl (C=O) groups excluding carboxylic acids is 1. The second kappa shape index (κ2) is 11.2. The van der Waals surface area contributed by atoms with E-state index in [9.17, 15) is 9.00 Å². The van der Waals surface area contributed by atoms with E-state index in [4.69, 9.17) is 4.55 Å². The van der Waals surface area contributed by atoms with Crippen LogP contribution in [0.15, 0.2) is 48.9 Å². The minimum atomic E-state index is -2.01. The number of amides is 2. The summed E-state index contributed by atoms with van der Waals surface area (Å²) in [5, 5.41) is 5.99. The molecule has 0 saturated carbocycles. The zero-order valence-electron chi connectivity index (χ0n) is 18.3. The maximum atomic E-state index is 12.0. The van der Waals surface area contributed by atoms with E-state index in [1.165, 1.54) is 11.3 Å². The van der Waals surface area contributed by atoms with Gasteiger partial charge in [-0.15, -0.1) is 0 Å². The van der Waals surface area contributed by atoms with Gasteiger partial charge in [-0.2, -0.15) is 0 Å². The van der Waals surface area contributed by atoms with Crippen molar-refractivity contribution in [3.8, 4) is 22.4 Å². The maximum Gasteiger partial charge on any atom is 0.321 e. The van der Waals surface area contributed by atoms with Crippen molar-refractivity contribution in [3.05, 3.63) is 54.7 Å². The molecular formula is C22H23N7O3S2. The van der Waals surface area contributed by atoms with Gasteiger partial charge in [0.1, 0.15) is 5.82 Å².